The van der Waals surface area contributed by atoms with Crippen molar-refractivity contribution in [2.75, 3.05) is 20.8 Å². The number of carboxylic acid groups (broad SMARTS) is 1. The van der Waals surface area contributed by atoms with Gasteiger partial charge in [-0.2, -0.15) is 0 Å². The molecule has 25 heavy (non-hydrogen) atoms. The summed E-state index contributed by atoms with van der Waals surface area (Å²) in [5.74, 6) is -1.16. The maximum Gasteiger partial charge on any atom is 0.326 e. The van der Waals surface area contributed by atoms with Gasteiger partial charge in [-0.1, -0.05) is 13.8 Å². The van der Waals surface area contributed by atoms with E-state index in [0.717, 1.165) is 0 Å². The van der Waals surface area contributed by atoms with Gasteiger partial charge in [-0.15, -0.1) is 0 Å². The van der Waals surface area contributed by atoms with E-state index in [1.165, 1.54) is 26.4 Å². The molecule has 0 heterocycles. The van der Waals surface area contributed by atoms with Crippen LogP contribution >= 0.6 is 0 Å². The topological polar surface area (TPSA) is 114 Å². The molecule has 3 N–H and O–H groups in total. The van der Waals surface area contributed by atoms with E-state index >= 15 is 0 Å². The number of carboxylic acids is 1. The van der Waals surface area contributed by atoms with Crippen molar-refractivity contribution in [2.45, 2.75) is 26.3 Å². The third-order valence-electron chi connectivity index (χ3n) is 3.40. The van der Waals surface area contributed by atoms with Crippen LogP contribution in [0.15, 0.2) is 18.2 Å². The number of ether oxygens (including phenoxy) is 2. The monoisotopic (exact) mass is 352 g/mol. The third-order valence-corrected chi connectivity index (χ3v) is 3.40. The summed E-state index contributed by atoms with van der Waals surface area (Å²) >= 11 is 0. The third kappa shape index (κ3) is 6.33. The number of carbonyl (C=O) groups is 3. The molecule has 0 unspecified atom stereocenters. The van der Waals surface area contributed by atoms with Gasteiger partial charge in [-0.3, -0.25) is 9.59 Å². The Labute approximate surface area is 146 Å². The molecule has 0 saturated heterocycles. The molecule has 0 aromatic heterocycles. The fraction of sp³-hybridized carbons (Fsp3) is 0.471. The summed E-state index contributed by atoms with van der Waals surface area (Å²) in [5, 5.41) is 13.9. The van der Waals surface area contributed by atoms with E-state index in [9.17, 15) is 14.4 Å². The summed E-state index contributed by atoms with van der Waals surface area (Å²) in [5.41, 5.74) is 0.294. The Hall–Kier alpha value is -2.77. The molecular weight excluding hydrogens is 328 g/mol. The van der Waals surface area contributed by atoms with Crippen molar-refractivity contribution in [3.05, 3.63) is 23.8 Å². The highest BCUT2D eigenvalue weighted by Gasteiger charge is 2.21. The van der Waals surface area contributed by atoms with Crippen molar-refractivity contribution in [1.29, 1.82) is 0 Å². The van der Waals surface area contributed by atoms with Crippen LogP contribution in [0.3, 0.4) is 0 Å². The molecule has 0 bridgehead atoms. The van der Waals surface area contributed by atoms with Crippen LogP contribution in [0.5, 0.6) is 11.5 Å². The van der Waals surface area contributed by atoms with Gasteiger partial charge < -0.3 is 25.2 Å². The van der Waals surface area contributed by atoms with E-state index in [1.54, 1.807) is 6.07 Å². The maximum atomic E-state index is 12.1. The first-order valence-corrected chi connectivity index (χ1v) is 7.80. The number of methoxy groups -OCH3 is 2. The van der Waals surface area contributed by atoms with Crippen LogP contribution in [-0.2, 0) is 9.59 Å². The van der Waals surface area contributed by atoms with Crippen molar-refractivity contribution in [3.63, 3.8) is 0 Å². The van der Waals surface area contributed by atoms with E-state index < -0.39 is 23.8 Å². The molecule has 0 aliphatic carbocycles. The molecule has 0 aliphatic rings. The number of benzene rings is 1. The van der Waals surface area contributed by atoms with Crippen LogP contribution < -0.4 is 20.1 Å². The van der Waals surface area contributed by atoms with E-state index in [2.05, 4.69) is 10.6 Å². The van der Waals surface area contributed by atoms with E-state index in [4.69, 9.17) is 14.6 Å². The Balaban J connectivity index is 2.63. The molecule has 0 fully saturated rings. The Morgan fingerprint density at radius 1 is 1.12 bits per heavy atom. The van der Waals surface area contributed by atoms with Crippen molar-refractivity contribution >= 4 is 17.8 Å². The first kappa shape index (κ1) is 20.3. The Bertz CT molecular complexity index is 630. The van der Waals surface area contributed by atoms with Gasteiger partial charge in [0.05, 0.1) is 20.8 Å². The number of aliphatic carboxylic acids is 1. The van der Waals surface area contributed by atoms with Gasteiger partial charge in [0.2, 0.25) is 5.91 Å². The van der Waals surface area contributed by atoms with Crippen LogP contribution in [-0.4, -0.2) is 49.7 Å². The molecule has 1 aromatic carbocycles. The average Bonchev–Trinajstić information content (AvgIpc) is 2.57. The Morgan fingerprint density at radius 3 is 2.28 bits per heavy atom. The van der Waals surface area contributed by atoms with Gasteiger partial charge >= 0.3 is 5.97 Å². The number of nitrogens with one attached hydrogen (secondary N) is 2. The number of amides is 2. The number of rotatable bonds is 9. The second kappa shape index (κ2) is 9.51. The van der Waals surface area contributed by atoms with Crippen LogP contribution in [0.25, 0.3) is 0 Å². The Kier molecular flexibility index (Phi) is 7.71. The fourth-order valence-electron chi connectivity index (χ4n) is 2.18. The number of hydrogen-bond donors (Lipinski definition) is 3. The fourth-order valence-corrected chi connectivity index (χ4v) is 2.18. The maximum absolute atomic E-state index is 12.1. The second-order valence-electron chi connectivity index (χ2n) is 5.84. The highest BCUT2D eigenvalue weighted by Crippen LogP contribution is 2.27. The zero-order valence-corrected chi connectivity index (χ0v) is 14.8. The molecule has 8 nitrogen and oxygen atoms in total. The van der Waals surface area contributed by atoms with Crippen LogP contribution in [0.4, 0.5) is 0 Å². The van der Waals surface area contributed by atoms with E-state index in [0.29, 0.717) is 23.5 Å². The Morgan fingerprint density at radius 2 is 1.76 bits per heavy atom. The molecule has 8 heteroatoms. The predicted octanol–water partition coefficient (Wildman–Crippen LogP) is 1.05. The standard InChI is InChI=1S/C17H24N2O6/c1-10(2)7-12(17(22)23)19-15(20)9-18-16(21)11-5-6-13(24-3)14(8-11)25-4/h5-6,8,10,12H,7,9H2,1-4H3,(H,18,21)(H,19,20)(H,22,23)/t12-/m0/s1. The average molecular weight is 352 g/mol. The SMILES string of the molecule is COc1ccc(C(=O)NCC(=O)N[C@@H](CC(C)C)C(=O)O)cc1OC. The van der Waals surface area contributed by atoms with Gasteiger partial charge in [0, 0.05) is 5.56 Å². The van der Waals surface area contributed by atoms with Crippen molar-refractivity contribution in [2.24, 2.45) is 5.92 Å². The molecule has 0 saturated carbocycles. The minimum atomic E-state index is -1.10. The summed E-state index contributed by atoms with van der Waals surface area (Å²) in [6.07, 6.45) is 0.310. The molecule has 0 radical (unpaired) electrons. The quantitative estimate of drug-likeness (QED) is 0.612. The van der Waals surface area contributed by atoms with Crippen LogP contribution in [0.1, 0.15) is 30.6 Å². The van der Waals surface area contributed by atoms with Gasteiger partial charge in [-0.25, -0.2) is 4.79 Å². The lowest BCUT2D eigenvalue weighted by Crippen LogP contribution is -2.46. The van der Waals surface area contributed by atoms with Crippen molar-refractivity contribution < 1.29 is 29.0 Å². The molecule has 1 atom stereocenters. The molecule has 138 valence electrons. The predicted molar refractivity (Wildman–Crippen MR) is 90.9 cm³/mol. The first-order chi connectivity index (χ1) is 11.8. The number of carbonyl (C=O) groups excluding carboxylic acids is 2. The van der Waals surface area contributed by atoms with Crippen molar-refractivity contribution in [1.82, 2.24) is 10.6 Å². The smallest absolute Gasteiger partial charge is 0.326 e. The van der Waals surface area contributed by atoms with Crippen LogP contribution in [0.2, 0.25) is 0 Å². The van der Waals surface area contributed by atoms with Gasteiger partial charge in [0.1, 0.15) is 6.04 Å². The van der Waals surface area contributed by atoms with E-state index in [1.807, 2.05) is 13.8 Å². The molecule has 2 amide bonds. The lowest BCUT2D eigenvalue weighted by Gasteiger charge is -2.16. The molecule has 0 spiro atoms. The molecule has 0 aliphatic heterocycles. The van der Waals surface area contributed by atoms with Gasteiger partial charge in [0.15, 0.2) is 11.5 Å². The second-order valence-corrected chi connectivity index (χ2v) is 5.84. The lowest BCUT2D eigenvalue weighted by molar-refractivity contribution is -0.142. The zero-order valence-electron chi connectivity index (χ0n) is 14.8. The summed E-state index contributed by atoms with van der Waals surface area (Å²) in [6, 6.07) is 3.63. The normalized spacial score (nSPS) is 11.6. The zero-order chi connectivity index (χ0) is 19.0. The van der Waals surface area contributed by atoms with E-state index in [-0.39, 0.29) is 12.5 Å². The summed E-state index contributed by atoms with van der Waals surface area (Å²) in [4.78, 5) is 35.1. The molecule has 1 aromatic rings. The van der Waals surface area contributed by atoms with Crippen molar-refractivity contribution in [3.8, 4) is 11.5 Å². The largest absolute Gasteiger partial charge is 0.493 e. The minimum Gasteiger partial charge on any atom is -0.493 e. The van der Waals surface area contributed by atoms with Gasteiger partial charge in [-0.05, 0) is 30.5 Å². The van der Waals surface area contributed by atoms with Crippen LogP contribution in [0, 0.1) is 5.92 Å². The van der Waals surface area contributed by atoms with Gasteiger partial charge in [0.25, 0.3) is 5.91 Å². The highest BCUT2D eigenvalue weighted by molar-refractivity contribution is 5.97. The minimum absolute atomic E-state index is 0.114. The first-order valence-electron chi connectivity index (χ1n) is 7.80. The molecule has 1 rings (SSSR count). The highest BCUT2D eigenvalue weighted by atomic mass is 16.5. The lowest BCUT2D eigenvalue weighted by atomic mass is 10.0. The summed E-state index contributed by atoms with van der Waals surface area (Å²) in [6.45, 7) is 3.40. The summed E-state index contributed by atoms with van der Waals surface area (Å²) in [7, 11) is 2.94. The molecular formula is C17H24N2O6. The number of hydrogen-bond acceptors (Lipinski definition) is 5. The summed E-state index contributed by atoms with van der Waals surface area (Å²) < 4.78 is 10.2.